The summed E-state index contributed by atoms with van der Waals surface area (Å²) in [5.41, 5.74) is 1.41. The lowest BCUT2D eigenvalue weighted by Crippen LogP contribution is -2.62. The van der Waals surface area contributed by atoms with Crippen LogP contribution in [0.2, 0.25) is 0 Å². The Morgan fingerprint density at radius 1 is 1.00 bits per heavy atom. The number of Topliss-reactive ketones (excluding diaryl/α,β-unsaturated/α-hetero) is 1. The third kappa shape index (κ3) is 5.39. The molecule has 2 amide bonds. The normalized spacial score (nSPS) is 12.2. The van der Waals surface area contributed by atoms with Crippen LogP contribution < -0.4 is 5.32 Å². The van der Waals surface area contributed by atoms with E-state index in [-0.39, 0.29) is 0 Å². The fourth-order valence-electron chi connectivity index (χ4n) is 3.14. The first-order valence-corrected chi connectivity index (χ1v) is 10.1. The van der Waals surface area contributed by atoms with Gasteiger partial charge < -0.3 is 15.3 Å². The van der Waals surface area contributed by atoms with Gasteiger partial charge in [0, 0.05) is 30.8 Å². The van der Waals surface area contributed by atoms with Gasteiger partial charge in [-0.1, -0.05) is 37.3 Å². The molecular formula is C25H28N2O4. The third-order valence-corrected chi connectivity index (χ3v) is 5.31. The van der Waals surface area contributed by atoms with Gasteiger partial charge in [-0.15, -0.1) is 0 Å². The van der Waals surface area contributed by atoms with E-state index in [1.165, 1.54) is 26.6 Å². The number of rotatable bonds is 7. The molecule has 31 heavy (non-hydrogen) atoms. The van der Waals surface area contributed by atoms with E-state index in [0.29, 0.717) is 5.56 Å². The first kappa shape index (κ1) is 23.8. The fraction of sp³-hybridized carbons (Fsp3) is 0.320. The number of benzene rings is 2. The van der Waals surface area contributed by atoms with Gasteiger partial charge in [0.1, 0.15) is 6.61 Å². The standard InChI is InChI=1S/C25H28N2O4/c1-5-6-18-7-9-19(10-8-18)11-12-20-13-15-21(16-14-20)23(30)27(4)25(2,22(29)17-28)24(31)26-3/h7-10,13-16,28H,5-6,17H2,1-4H3,(H,26,31)/t25-/m1/s1. The number of hydrogen-bond acceptors (Lipinski definition) is 4. The van der Waals surface area contributed by atoms with E-state index in [9.17, 15) is 19.5 Å². The summed E-state index contributed by atoms with van der Waals surface area (Å²) in [7, 11) is 2.73. The molecule has 6 nitrogen and oxygen atoms in total. The minimum Gasteiger partial charge on any atom is -0.388 e. The zero-order valence-corrected chi connectivity index (χ0v) is 18.4. The molecule has 0 fully saturated rings. The molecule has 0 radical (unpaired) electrons. The maximum Gasteiger partial charge on any atom is 0.254 e. The molecule has 0 heterocycles. The largest absolute Gasteiger partial charge is 0.388 e. The van der Waals surface area contributed by atoms with Crippen molar-refractivity contribution in [3.8, 4) is 11.8 Å². The number of aryl methyl sites for hydroxylation is 1. The molecule has 6 heteroatoms. The predicted octanol–water partition coefficient (Wildman–Crippen LogP) is 2.18. The molecule has 162 valence electrons. The van der Waals surface area contributed by atoms with Crippen molar-refractivity contribution in [2.75, 3.05) is 20.7 Å². The number of nitrogens with zero attached hydrogens (tertiary/aromatic N) is 1. The molecule has 0 aliphatic heterocycles. The van der Waals surface area contributed by atoms with Crippen LogP contribution in [0.4, 0.5) is 0 Å². The number of ketones is 1. The SMILES string of the molecule is CCCc1ccc(C#Cc2ccc(C(=O)N(C)[C@](C)(C(=O)CO)C(=O)NC)cc2)cc1. The van der Waals surface area contributed by atoms with Crippen molar-refractivity contribution in [1.29, 1.82) is 0 Å². The zero-order valence-electron chi connectivity index (χ0n) is 18.4. The van der Waals surface area contributed by atoms with Crippen LogP contribution in [0.15, 0.2) is 48.5 Å². The number of carbonyl (C=O) groups excluding carboxylic acids is 3. The summed E-state index contributed by atoms with van der Waals surface area (Å²) in [6.45, 7) is 2.60. The molecule has 2 aromatic carbocycles. The Kier molecular flexibility index (Phi) is 8.12. The molecule has 0 saturated carbocycles. The second kappa shape index (κ2) is 10.6. The molecule has 2 aromatic rings. The average Bonchev–Trinajstić information content (AvgIpc) is 2.81. The van der Waals surface area contributed by atoms with Gasteiger partial charge >= 0.3 is 0 Å². The molecule has 0 bridgehead atoms. The Hall–Kier alpha value is -3.43. The molecule has 0 aromatic heterocycles. The van der Waals surface area contributed by atoms with E-state index in [4.69, 9.17) is 0 Å². The Bertz CT molecular complexity index is 983. The first-order valence-electron chi connectivity index (χ1n) is 10.1. The number of aliphatic hydroxyl groups is 1. The Morgan fingerprint density at radius 3 is 1.97 bits per heavy atom. The monoisotopic (exact) mass is 420 g/mol. The van der Waals surface area contributed by atoms with Gasteiger partial charge in [-0.3, -0.25) is 14.4 Å². The Labute approximate surface area is 183 Å². The van der Waals surface area contributed by atoms with Crippen molar-refractivity contribution >= 4 is 17.6 Å². The Morgan fingerprint density at radius 2 is 1.52 bits per heavy atom. The molecule has 0 spiro atoms. The highest BCUT2D eigenvalue weighted by molar-refractivity contribution is 6.14. The molecule has 0 unspecified atom stereocenters. The number of carbonyl (C=O) groups is 3. The highest BCUT2D eigenvalue weighted by atomic mass is 16.3. The molecular weight excluding hydrogens is 392 g/mol. The first-order chi connectivity index (χ1) is 14.8. The fourth-order valence-corrected chi connectivity index (χ4v) is 3.14. The molecule has 2 rings (SSSR count). The van der Waals surface area contributed by atoms with Gasteiger partial charge in [0.15, 0.2) is 11.3 Å². The number of hydrogen-bond donors (Lipinski definition) is 2. The van der Waals surface area contributed by atoms with E-state index in [0.717, 1.165) is 28.9 Å². The van der Waals surface area contributed by atoms with E-state index in [1.807, 2.05) is 12.1 Å². The van der Waals surface area contributed by atoms with Crippen LogP contribution in [0.3, 0.4) is 0 Å². The van der Waals surface area contributed by atoms with Gasteiger partial charge in [-0.2, -0.15) is 0 Å². The van der Waals surface area contributed by atoms with Crippen LogP contribution in [0.1, 0.15) is 47.3 Å². The lowest BCUT2D eigenvalue weighted by atomic mass is 9.92. The van der Waals surface area contributed by atoms with E-state index in [2.05, 4.69) is 36.2 Å². The van der Waals surface area contributed by atoms with Gasteiger partial charge in [0.25, 0.3) is 11.8 Å². The van der Waals surface area contributed by atoms with Crippen LogP contribution >= 0.6 is 0 Å². The molecule has 0 aliphatic carbocycles. The lowest BCUT2D eigenvalue weighted by Gasteiger charge is -2.35. The molecule has 1 atom stereocenters. The topological polar surface area (TPSA) is 86.7 Å². The van der Waals surface area contributed by atoms with Crippen molar-refractivity contribution in [2.45, 2.75) is 32.2 Å². The van der Waals surface area contributed by atoms with E-state index < -0.39 is 29.7 Å². The van der Waals surface area contributed by atoms with Gasteiger partial charge in [-0.25, -0.2) is 0 Å². The highest BCUT2D eigenvalue weighted by Crippen LogP contribution is 2.19. The summed E-state index contributed by atoms with van der Waals surface area (Å²) in [6.07, 6.45) is 2.14. The average molecular weight is 421 g/mol. The smallest absolute Gasteiger partial charge is 0.254 e. The van der Waals surface area contributed by atoms with Crippen molar-refractivity contribution in [3.63, 3.8) is 0 Å². The zero-order chi connectivity index (χ0) is 23.0. The summed E-state index contributed by atoms with van der Waals surface area (Å²) in [4.78, 5) is 38.4. The van der Waals surface area contributed by atoms with Crippen LogP contribution in [0, 0.1) is 11.8 Å². The molecule has 0 saturated heterocycles. The minimum atomic E-state index is -1.82. The molecule has 0 aliphatic rings. The second-order valence-corrected chi connectivity index (χ2v) is 7.37. The van der Waals surface area contributed by atoms with Crippen LogP contribution in [-0.2, 0) is 16.0 Å². The second-order valence-electron chi connectivity index (χ2n) is 7.37. The van der Waals surface area contributed by atoms with Crippen LogP contribution in [0.5, 0.6) is 0 Å². The quantitative estimate of drug-likeness (QED) is 0.531. The third-order valence-electron chi connectivity index (χ3n) is 5.31. The van der Waals surface area contributed by atoms with Crippen molar-refractivity contribution in [3.05, 3.63) is 70.8 Å². The van der Waals surface area contributed by atoms with E-state index in [1.54, 1.807) is 24.3 Å². The van der Waals surface area contributed by atoms with Gasteiger partial charge in [0.05, 0.1) is 0 Å². The highest BCUT2D eigenvalue weighted by Gasteiger charge is 2.46. The summed E-state index contributed by atoms with van der Waals surface area (Å²) >= 11 is 0. The maximum absolute atomic E-state index is 12.9. The number of likely N-dealkylation sites (N-methyl/N-ethyl adjacent to an activating group) is 2. The number of amides is 2. The number of aliphatic hydroxyl groups excluding tert-OH is 1. The van der Waals surface area contributed by atoms with Crippen molar-refractivity contribution in [1.82, 2.24) is 10.2 Å². The summed E-state index contributed by atoms with van der Waals surface area (Å²) < 4.78 is 0. The van der Waals surface area contributed by atoms with Crippen LogP contribution in [-0.4, -0.2) is 53.8 Å². The molecule has 2 N–H and O–H groups in total. The maximum atomic E-state index is 12.9. The summed E-state index contributed by atoms with van der Waals surface area (Å²) in [5, 5.41) is 11.6. The van der Waals surface area contributed by atoms with E-state index >= 15 is 0 Å². The summed E-state index contributed by atoms with van der Waals surface area (Å²) in [5.74, 6) is 4.21. The Balaban J connectivity index is 2.20. The summed E-state index contributed by atoms with van der Waals surface area (Å²) in [6, 6.07) is 14.7. The predicted molar refractivity (Wildman–Crippen MR) is 120 cm³/mol. The van der Waals surface area contributed by atoms with Gasteiger partial charge in [0.2, 0.25) is 0 Å². The van der Waals surface area contributed by atoms with Crippen LogP contribution in [0.25, 0.3) is 0 Å². The minimum absolute atomic E-state index is 0.304. The van der Waals surface area contributed by atoms with Crippen molar-refractivity contribution in [2.24, 2.45) is 0 Å². The van der Waals surface area contributed by atoms with Crippen molar-refractivity contribution < 1.29 is 19.5 Å². The van der Waals surface area contributed by atoms with Gasteiger partial charge in [-0.05, 0) is 55.3 Å². The number of nitrogens with one attached hydrogen (secondary N) is 1. The lowest BCUT2D eigenvalue weighted by molar-refractivity contribution is -0.143.